The zero-order valence-electron chi connectivity index (χ0n) is 14.6. The molecule has 0 heterocycles. The Hall–Kier alpha value is -3.27. The van der Waals surface area contributed by atoms with Crippen molar-refractivity contribution in [1.29, 1.82) is 0 Å². The Balaban J connectivity index is 1.75. The first-order valence-electron chi connectivity index (χ1n) is 8.31. The highest BCUT2D eigenvalue weighted by Gasteiger charge is 2.10. The number of hydrogen-bond donors (Lipinski definition) is 0. The third-order valence-electron chi connectivity index (χ3n) is 3.77. The summed E-state index contributed by atoms with van der Waals surface area (Å²) < 4.78 is 16.4. The SMILES string of the molecule is COC(=O)c1cc(COc2ccccc2)cc(COc2ccccc2)c1. The van der Waals surface area contributed by atoms with Crippen LogP contribution < -0.4 is 9.47 Å². The molecule has 4 heteroatoms. The van der Waals surface area contributed by atoms with E-state index >= 15 is 0 Å². The van der Waals surface area contributed by atoms with Crippen LogP contribution in [0.2, 0.25) is 0 Å². The van der Waals surface area contributed by atoms with Crippen LogP contribution in [0, 0.1) is 0 Å². The van der Waals surface area contributed by atoms with E-state index in [2.05, 4.69) is 0 Å². The molecular weight excluding hydrogens is 328 g/mol. The van der Waals surface area contributed by atoms with Gasteiger partial charge in [-0.1, -0.05) is 36.4 Å². The monoisotopic (exact) mass is 348 g/mol. The van der Waals surface area contributed by atoms with Gasteiger partial charge >= 0.3 is 5.97 Å². The number of para-hydroxylation sites is 2. The molecule has 0 aliphatic heterocycles. The van der Waals surface area contributed by atoms with Crippen LogP contribution in [0.1, 0.15) is 21.5 Å². The molecular formula is C22H20O4. The number of ether oxygens (including phenoxy) is 3. The molecule has 0 spiro atoms. The molecule has 0 bridgehead atoms. The molecule has 3 rings (SSSR count). The zero-order valence-corrected chi connectivity index (χ0v) is 14.6. The van der Waals surface area contributed by atoms with Gasteiger partial charge in [-0.3, -0.25) is 0 Å². The van der Waals surface area contributed by atoms with Gasteiger partial charge in [0.2, 0.25) is 0 Å². The van der Waals surface area contributed by atoms with Crippen LogP contribution in [0.3, 0.4) is 0 Å². The van der Waals surface area contributed by atoms with Crippen molar-refractivity contribution in [3.63, 3.8) is 0 Å². The largest absolute Gasteiger partial charge is 0.489 e. The number of benzene rings is 3. The van der Waals surface area contributed by atoms with Gasteiger partial charge in [0.25, 0.3) is 0 Å². The summed E-state index contributed by atoms with van der Waals surface area (Å²) in [5.41, 5.74) is 2.24. The molecule has 0 fully saturated rings. The Kier molecular flexibility index (Phi) is 5.88. The lowest BCUT2D eigenvalue weighted by Crippen LogP contribution is -2.06. The first kappa shape index (κ1) is 17.5. The molecule has 0 aliphatic carbocycles. The Bertz CT molecular complexity index is 783. The van der Waals surface area contributed by atoms with Crippen molar-refractivity contribution in [3.05, 3.63) is 95.6 Å². The van der Waals surface area contributed by atoms with Gasteiger partial charge in [-0.2, -0.15) is 0 Å². The predicted octanol–water partition coefficient (Wildman–Crippen LogP) is 4.63. The second-order valence-corrected chi connectivity index (χ2v) is 5.73. The van der Waals surface area contributed by atoms with Crippen molar-refractivity contribution in [3.8, 4) is 11.5 Å². The van der Waals surface area contributed by atoms with E-state index in [0.717, 1.165) is 22.6 Å². The number of rotatable bonds is 7. The topological polar surface area (TPSA) is 44.8 Å². The molecule has 0 N–H and O–H groups in total. The average molecular weight is 348 g/mol. The van der Waals surface area contributed by atoms with Gasteiger partial charge in [0, 0.05) is 0 Å². The minimum absolute atomic E-state index is 0.354. The minimum atomic E-state index is -0.382. The molecule has 0 radical (unpaired) electrons. The van der Waals surface area contributed by atoms with Crippen LogP contribution in [0.15, 0.2) is 78.9 Å². The van der Waals surface area contributed by atoms with Crippen LogP contribution in [0.5, 0.6) is 11.5 Å². The third-order valence-corrected chi connectivity index (χ3v) is 3.77. The second kappa shape index (κ2) is 8.72. The highest BCUT2D eigenvalue weighted by atomic mass is 16.5. The summed E-state index contributed by atoms with van der Waals surface area (Å²) in [6.07, 6.45) is 0. The van der Waals surface area contributed by atoms with Crippen LogP contribution in [-0.2, 0) is 18.0 Å². The molecule has 0 aromatic heterocycles. The molecule has 0 atom stereocenters. The lowest BCUT2D eigenvalue weighted by molar-refractivity contribution is 0.0600. The third kappa shape index (κ3) is 4.86. The average Bonchev–Trinajstić information content (AvgIpc) is 2.71. The summed E-state index contributed by atoms with van der Waals surface area (Å²) in [6.45, 7) is 0.709. The number of carbonyl (C=O) groups excluding carboxylic acids is 1. The maximum atomic E-state index is 12.0. The Labute approximate surface area is 153 Å². The van der Waals surface area contributed by atoms with Gasteiger partial charge in [-0.25, -0.2) is 4.79 Å². The van der Waals surface area contributed by atoms with Gasteiger partial charge in [-0.15, -0.1) is 0 Å². The molecule has 3 aromatic carbocycles. The van der Waals surface area contributed by atoms with Crippen molar-refractivity contribution in [2.24, 2.45) is 0 Å². The summed E-state index contributed by atoms with van der Waals surface area (Å²) in [4.78, 5) is 12.0. The molecule has 132 valence electrons. The first-order valence-corrected chi connectivity index (χ1v) is 8.31. The minimum Gasteiger partial charge on any atom is -0.489 e. The maximum absolute atomic E-state index is 12.0. The Morgan fingerprint density at radius 1 is 0.731 bits per heavy atom. The van der Waals surface area contributed by atoms with Crippen molar-refractivity contribution in [2.75, 3.05) is 7.11 Å². The molecule has 26 heavy (non-hydrogen) atoms. The lowest BCUT2D eigenvalue weighted by Gasteiger charge is -2.11. The molecule has 0 aliphatic rings. The summed E-state index contributed by atoms with van der Waals surface area (Å²) in [7, 11) is 1.37. The first-order chi connectivity index (χ1) is 12.7. The highest BCUT2D eigenvalue weighted by molar-refractivity contribution is 5.89. The van der Waals surface area contributed by atoms with E-state index in [-0.39, 0.29) is 5.97 Å². The maximum Gasteiger partial charge on any atom is 0.337 e. The fraction of sp³-hybridized carbons (Fsp3) is 0.136. The fourth-order valence-electron chi connectivity index (χ4n) is 2.53. The molecule has 0 unspecified atom stereocenters. The number of methoxy groups -OCH3 is 1. The summed E-state index contributed by atoms with van der Waals surface area (Å²) >= 11 is 0. The Morgan fingerprint density at radius 2 is 1.19 bits per heavy atom. The molecule has 4 nitrogen and oxygen atoms in total. The van der Waals surface area contributed by atoms with Gasteiger partial charge in [0.1, 0.15) is 24.7 Å². The van der Waals surface area contributed by atoms with Crippen LogP contribution in [-0.4, -0.2) is 13.1 Å². The van der Waals surface area contributed by atoms with Crippen LogP contribution in [0.4, 0.5) is 0 Å². The standard InChI is InChI=1S/C22H20O4/c1-24-22(23)19-13-17(15-25-20-8-4-2-5-9-20)12-18(14-19)16-26-21-10-6-3-7-11-21/h2-14H,15-16H2,1H3. The van der Waals surface area contributed by atoms with E-state index in [1.54, 1.807) is 12.1 Å². The van der Waals surface area contributed by atoms with Crippen molar-refractivity contribution in [1.82, 2.24) is 0 Å². The molecule has 3 aromatic rings. The summed E-state index contributed by atoms with van der Waals surface area (Å²) in [5.74, 6) is 1.17. The number of esters is 1. The van der Waals surface area contributed by atoms with Gasteiger partial charge < -0.3 is 14.2 Å². The molecule has 0 amide bonds. The zero-order chi connectivity index (χ0) is 18.2. The van der Waals surface area contributed by atoms with Crippen LogP contribution in [0.25, 0.3) is 0 Å². The van der Waals surface area contributed by atoms with E-state index in [4.69, 9.17) is 14.2 Å². The van der Waals surface area contributed by atoms with Crippen molar-refractivity contribution in [2.45, 2.75) is 13.2 Å². The van der Waals surface area contributed by atoms with Crippen molar-refractivity contribution < 1.29 is 19.0 Å². The van der Waals surface area contributed by atoms with E-state index in [1.807, 2.05) is 66.7 Å². The highest BCUT2D eigenvalue weighted by Crippen LogP contribution is 2.18. The van der Waals surface area contributed by atoms with Gasteiger partial charge in [-0.05, 0) is 53.6 Å². The van der Waals surface area contributed by atoms with Crippen LogP contribution >= 0.6 is 0 Å². The summed E-state index contributed by atoms with van der Waals surface area (Å²) in [6, 6.07) is 24.6. The number of carbonyl (C=O) groups is 1. The molecule has 0 saturated carbocycles. The van der Waals surface area contributed by atoms with E-state index < -0.39 is 0 Å². The fourth-order valence-corrected chi connectivity index (χ4v) is 2.53. The number of hydrogen-bond acceptors (Lipinski definition) is 4. The lowest BCUT2D eigenvalue weighted by atomic mass is 10.1. The van der Waals surface area contributed by atoms with Gasteiger partial charge in [0.15, 0.2) is 0 Å². The quantitative estimate of drug-likeness (QED) is 0.584. The van der Waals surface area contributed by atoms with Gasteiger partial charge in [0.05, 0.1) is 12.7 Å². The van der Waals surface area contributed by atoms with E-state index in [9.17, 15) is 4.79 Å². The molecule has 0 saturated heterocycles. The smallest absolute Gasteiger partial charge is 0.337 e. The van der Waals surface area contributed by atoms with Crippen molar-refractivity contribution >= 4 is 5.97 Å². The van der Waals surface area contributed by atoms with E-state index in [0.29, 0.717) is 18.8 Å². The predicted molar refractivity (Wildman–Crippen MR) is 99.3 cm³/mol. The Morgan fingerprint density at radius 3 is 1.62 bits per heavy atom. The normalized spacial score (nSPS) is 10.2. The van der Waals surface area contributed by atoms with E-state index in [1.165, 1.54) is 7.11 Å². The second-order valence-electron chi connectivity index (χ2n) is 5.73. The summed E-state index contributed by atoms with van der Waals surface area (Å²) in [5, 5.41) is 0.